The van der Waals surface area contributed by atoms with Gasteiger partial charge in [-0.2, -0.15) is 0 Å². The number of rotatable bonds is 1. The van der Waals surface area contributed by atoms with Crippen LogP contribution in [0.5, 0.6) is 0 Å². The predicted molar refractivity (Wildman–Crippen MR) is 102 cm³/mol. The van der Waals surface area contributed by atoms with E-state index in [4.69, 9.17) is 4.74 Å². The van der Waals surface area contributed by atoms with Crippen LogP contribution in [0.15, 0.2) is 23.3 Å². The van der Waals surface area contributed by atoms with Gasteiger partial charge in [0, 0.05) is 11.5 Å². The van der Waals surface area contributed by atoms with Gasteiger partial charge in [-0.05, 0) is 80.1 Å². The average molecular weight is 373 g/mol. The third-order valence-electron chi connectivity index (χ3n) is 9.40. The van der Waals surface area contributed by atoms with Crippen LogP contribution in [-0.4, -0.2) is 34.5 Å². The van der Waals surface area contributed by atoms with E-state index in [2.05, 4.69) is 19.9 Å². The Hall–Kier alpha value is -1.13. The summed E-state index contributed by atoms with van der Waals surface area (Å²) in [6.45, 7) is 5.05. The highest BCUT2D eigenvalue weighted by Crippen LogP contribution is 2.68. The Kier molecular flexibility index (Phi) is 3.78. The number of esters is 1. The Bertz CT molecular complexity index is 739. The van der Waals surface area contributed by atoms with Crippen molar-refractivity contribution in [2.24, 2.45) is 28.6 Å². The monoisotopic (exact) mass is 372 g/mol. The van der Waals surface area contributed by atoms with Crippen LogP contribution in [0.4, 0.5) is 0 Å². The van der Waals surface area contributed by atoms with Crippen molar-refractivity contribution < 1.29 is 19.7 Å². The smallest absolute Gasteiger partial charge is 0.331 e. The number of allylic oxidation sites excluding steroid dienone is 1. The minimum absolute atomic E-state index is 0.128. The maximum Gasteiger partial charge on any atom is 0.331 e. The fourth-order valence-corrected chi connectivity index (χ4v) is 7.79. The lowest BCUT2D eigenvalue weighted by atomic mass is 9.45. The molecule has 2 N–H and O–H groups in total. The standard InChI is InChI=1S/C23H32O4/c1-21-8-5-16(24)12-15(21)3-4-19-18(21)6-9-22(2)17(7-10-23(19,22)26)14-11-20(25)27-13-14/h3,11,16-19,24,26H,4-10,12-13H2,1-2H3/t16-,17+,18+,19+,21-,22+,23-/m0/s1. The first-order chi connectivity index (χ1) is 12.8. The van der Waals surface area contributed by atoms with Crippen LogP contribution in [0.3, 0.4) is 0 Å². The van der Waals surface area contributed by atoms with Crippen LogP contribution in [0, 0.1) is 28.6 Å². The quantitative estimate of drug-likeness (QED) is 0.546. The molecule has 5 rings (SSSR count). The molecule has 3 saturated carbocycles. The molecule has 4 nitrogen and oxygen atoms in total. The number of ether oxygens (including phenoxy) is 1. The molecule has 0 bridgehead atoms. The molecule has 0 radical (unpaired) electrons. The number of aliphatic hydroxyl groups is 2. The molecule has 148 valence electrons. The van der Waals surface area contributed by atoms with Gasteiger partial charge in [0.1, 0.15) is 6.61 Å². The number of hydrogen-bond donors (Lipinski definition) is 2. The summed E-state index contributed by atoms with van der Waals surface area (Å²) >= 11 is 0. The van der Waals surface area contributed by atoms with Crippen LogP contribution in [0.2, 0.25) is 0 Å². The molecule has 27 heavy (non-hydrogen) atoms. The second-order valence-electron chi connectivity index (χ2n) is 10.3. The fourth-order valence-electron chi connectivity index (χ4n) is 7.79. The molecule has 0 aromatic rings. The first-order valence-electron chi connectivity index (χ1n) is 10.8. The molecule has 0 spiro atoms. The zero-order valence-electron chi connectivity index (χ0n) is 16.5. The molecule has 0 unspecified atom stereocenters. The normalized spacial score (nSPS) is 51.6. The number of carbonyl (C=O) groups is 1. The van der Waals surface area contributed by atoms with Crippen molar-refractivity contribution in [2.75, 3.05) is 6.61 Å². The van der Waals surface area contributed by atoms with E-state index >= 15 is 0 Å². The second-order valence-corrected chi connectivity index (χ2v) is 10.3. The summed E-state index contributed by atoms with van der Waals surface area (Å²) in [6.07, 6.45) is 11.4. The van der Waals surface area contributed by atoms with E-state index in [0.29, 0.717) is 12.5 Å². The Morgan fingerprint density at radius 3 is 2.67 bits per heavy atom. The maximum atomic E-state index is 12.1. The van der Waals surface area contributed by atoms with E-state index in [-0.39, 0.29) is 34.7 Å². The zero-order chi connectivity index (χ0) is 19.0. The summed E-state index contributed by atoms with van der Waals surface area (Å²) < 4.78 is 5.19. The van der Waals surface area contributed by atoms with Crippen LogP contribution >= 0.6 is 0 Å². The first-order valence-corrected chi connectivity index (χ1v) is 10.8. The van der Waals surface area contributed by atoms with Gasteiger partial charge in [-0.3, -0.25) is 0 Å². The van der Waals surface area contributed by atoms with Gasteiger partial charge in [-0.1, -0.05) is 25.5 Å². The van der Waals surface area contributed by atoms with E-state index in [1.165, 1.54) is 5.57 Å². The largest absolute Gasteiger partial charge is 0.458 e. The second kappa shape index (κ2) is 5.70. The van der Waals surface area contributed by atoms with E-state index < -0.39 is 5.60 Å². The SMILES string of the molecule is C[C@]12CC[C@H](O)CC1=CC[C@@H]1[C@H]2CC[C@]2(C)[C@@H](C3=CC(=O)OC3)CC[C@]12O. The van der Waals surface area contributed by atoms with Crippen LogP contribution in [-0.2, 0) is 9.53 Å². The summed E-state index contributed by atoms with van der Waals surface area (Å²) in [5.74, 6) is 0.804. The van der Waals surface area contributed by atoms with Crippen LogP contribution < -0.4 is 0 Å². The highest BCUT2D eigenvalue weighted by molar-refractivity contribution is 5.85. The number of fused-ring (bicyclic) bond motifs is 5. The van der Waals surface area contributed by atoms with E-state index in [9.17, 15) is 15.0 Å². The molecule has 3 fully saturated rings. The van der Waals surface area contributed by atoms with Crippen LogP contribution in [0.25, 0.3) is 0 Å². The van der Waals surface area contributed by atoms with Crippen molar-refractivity contribution in [1.29, 1.82) is 0 Å². The Morgan fingerprint density at radius 1 is 1.11 bits per heavy atom. The van der Waals surface area contributed by atoms with Crippen molar-refractivity contribution in [1.82, 2.24) is 0 Å². The van der Waals surface area contributed by atoms with Crippen molar-refractivity contribution in [3.8, 4) is 0 Å². The van der Waals surface area contributed by atoms with E-state index in [0.717, 1.165) is 56.9 Å². The highest BCUT2D eigenvalue weighted by Gasteiger charge is 2.66. The summed E-state index contributed by atoms with van der Waals surface area (Å²) in [4.78, 5) is 11.6. The lowest BCUT2D eigenvalue weighted by Gasteiger charge is -2.61. The van der Waals surface area contributed by atoms with Gasteiger partial charge >= 0.3 is 5.97 Å². The van der Waals surface area contributed by atoms with Crippen molar-refractivity contribution in [2.45, 2.75) is 76.9 Å². The lowest BCUT2D eigenvalue weighted by Crippen LogP contribution is -2.60. The van der Waals surface area contributed by atoms with Gasteiger partial charge in [0.05, 0.1) is 11.7 Å². The number of hydrogen-bond acceptors (Lipinski definition) is 4. The van der Waals surface area contributed by atoms with Gasteiger partial charge < -0.3 is 14.9 Å². The molecular weight excluding hydrogens is 340 g/mol. The van der Waals surface area contributed by atoms with E-state index in [1.807, 2.05) is 0 Å². The minimum atomic E-state index is -0.672. The van der Waals surface area contributed by atoms with Gasteiger partial charge in [-0.15, -0.1) is 0 Å². The van der Waals surface area contributed by atoms with Gasteiger partial charge in [0.2, 0.25) is 0 Å². The highest BCUT2D eigenvalue weighted by atomic mass is 16.5. The lowest BCUT2D eigenvalue weighted by molar-refractivity contribution is -0.176. The van der Waals surface area contributed by atoms with Crippen molar-refractivity contribution in [3.05, 3.63) is 23.3 Å². The van der Waals surface area contributed by atoms with Gasteiger partial charge in [0.25, 0.3) is 0 Å². The molecule has 0 amide bonds. The molecule has 0 aromatic heterocycles. The number of cyclic esters (lactones) is 1. The Balaban J connectivity index is 1.50. The Labute approximate surface area is 161 Å². The summed E-state index contributed by atoms with van der Waals surface area (Å²) in [5, 5.41) is 22.2. The number of aliphatic hydroxyl groups excluding tert-OH is 1. The fraction of sp³-hybridized carbons (Fsp3) is 0.783. The molecule has 1 aliphatic heterocycles. The predicted octanol–water partition coefficient (Wildman–Crippen LogP) is 3.52. The Morgan fingerprint density at radius 2 is 1.93 bits per heavy atom. The first kappa shape index (κ1) is 17.9. The molecule has 7 atom stereocenters. The van der Waals surface area contributed by atoms with Gasteiger partial charge in [-0.25, -0.2) is 4.79 Å². The van der Waals surface area contributed by atoms with Crippen LogP contribution in [0.1, 0.15) is 65.2 Å². The summed E-state index contributed by atoms with van der Waals surface area (Å²) in [5.41, 5.74) is 1.80. The minimum Gasteiger partial charge on any atom is -0.458 e. The molecule has 4 aliphatic carbocycles. The zero-order valence-corrected chi connectivity index (χ0v) is 16.5. The summed E-state index contributed by atoms with van der Waals surface area (Å²) in [7, 11) is 0. The summed E-state index contributed by atoms with van der Waals surface area (Å²) in [6, 6.07) is 0. The number of carbonyl (C=O) groups excluding carboxylic acids is 1. The molecule has 0 saturated heterocycles. The van der Waals surface area contributed by atoms with Crippen molar-refractivity contribution >= 4 is 5.97 Å². The average Bonchev–Trinajstić information content (AvgIpc) is 3.16. The molecule has 1 heterocycles. The van der Waals surface area contributed by atoms with E-state index in [1.54, 1.807) is 6.08 Å². The molecule has 0 aromatic carbocycles. The maximum absolute atomic E-state index is 12.1. The van der Waals surface area contributed by atoms with Crippen molar-refractivity contribution in [3.63, 3.8) is 0 Å². The van der Waals surface area contributed by atoms with Gasteiger partial charge in [0.15, 0.2) is 0 Å². The third kappa shape index (κ3) is 2.26. The molecule has 5 aliphatic rings. The topological polar surface area (TPSA) is 66.8 Å². The molecule has 4 heteroatoms. The third-order valence-corrected chi connectivity index (χ3v) is 9.40. The molecular formula is C23H32O4.